The van der Waals surface area contributed by atoms with Crippen LogP contribution in [0.5, 0.6) is 0 Å². The molecule has 0 N–H and O–H groups in total. The quantitative estimate of drug-likeness (QED) is 0.489. The number of amides is 1. The lowest BCUT2D eigenvalue weighted by Gasteiger charge is -2.32. The van der Waals surface area contributed by atoms with Gasteiger partial charge < -0.3 is 4.90 Å². The second-order valence-corrected chi connectivity index (χ2v) is 5.49. The zero-order valence-electron chi connectivity index (χ0n) is 7.29. The van der Waals surface area contributed by atoms with E-state index in [2.05, 4.69) is 22.6 Å². The van der Waals surface area contributed by atoms with Crippen molar-refractivity contribution in [2.45, 2.75) is 35.6 Å². The summed E-state index contributed by atoms with van der Waals surface area (Å²) in [7, 11) is 1.96. The van der Waals surface area contributed by atoms with Crippen molar-refractivity contribution >= 4 is 28.5 Å². The Morgan fingerprint density at radius 3 is 2.92 bits per heavy atom. The SMILES string of the molecule is CN1C(=O)C[C@H]2C(I)CCC[C@H]21. The summed E-state index contributed by atoms with van der Waals surface area (Å²) in [5.41, 5.74) is 0. The van der Waals surface area contributed by atoms with E-state index in [9.17, 15) is 4.79 Å². The minimum absolute atomic E-state index is 0.355. The summed E-state index contributed by atoms with van der Waals surface area (Å²) in [5.74, 6) is 1.01. The molecule has 0 aromatic heterocycles. The topological polar surface area (TPSA) is 20.3 Å². The molecule has 2 rings (SSSR count). The van der Waals surface area contributed by atoms with E-state index in [1.807, 2.05) is 11.9 Å². The maximum Gasteiger partial charge on any atom is 0.222 e. The summed E-state index contributed by atoms with van der Waals surface area (Å²) in [5, 5.41) is 0. The van der Waals surface area contributed by atoms with E-state index in [0.29, 0.717) is 17.9 Å². The summed E-state index contributed by atoms with van der Waals surface area (Å²) in [6, 6.07) is 0.563. The zero-order chi connectivity index (χ0) is 8.72. The van der Waals surface area contributed by atoms with Crippen LogP contribution in [0.4, 0.5) is 0 Å². The second-order valence-electron chi connectivity index (χ2n) is 3.89. The summed E-state index contributed by atoms with van der Waals surface area (Å²) < 4.78 is 0.732. The molecule has 1 heterocycles. The Balaban J connectivity index is 2.16. The normalized spacial score (nSPS) is 41.7. The Bertz CT molecular complexity index is 207. The highest BCUT2D eigenvalue weighted by molar-refractivity contribution is 14.1. The molecular formula is C9H14INO. The van der Waals surface area contributed by atoms with E-state index in [1.54, 1.807) is 0 Å². The molecule has 1 aliphatic carbocycles. The maximum atomic E-state index is 11.4. The number of carbonyl (C=O) groups excluding carboxylic acids is 1. The Hall–Kier alpha value is 0.200. The average molecular weight is 279 g/mol. The van der Waals surface area contributed by atoms with Crippen LogP contribution in [0.15, 0.2) is 0 Å². The van der Waals surface area contributed by atoms with Gasteiger partial charge in [0.15, 0.2) is 0 Å². The Labute approximate surface area is 86.8 Å². The second kappa shape index (κ2) is 3.16. The molecule has 12 heavy (non-hydrogen) atoms. The van der Waals surface area contributed by atoms with Gasteiger partial charge in [-0.2, -0.15) is 0 Å². The van der Waals surface area contributed by atoms with Gasteiger partial charge >= 0.3 is 0 Å². The van der Waals surface area contributed by atoms with Crippen LogP contribution in [0, 0.1) is 5.92 Å². The van der Waals surface area contributed by atoms with Gasteiger partial charge in [-0.15, -0.1) is 0 Å². The van der Waals surface area contributed by atoms with Gasteiger partial charge in [0.25, 0.3) is 0 Å². The first-order valence-corrected chi connectivity index (χ1v) is 5.84. The van der Waals surface area contributed by atoms with Crippen molar-refractivity contribution in [1.82, 2.24) is 4.90 Å². The largest absolute Gasteiger partial charge is 0.342 e. The van der Waals surface area contributed by atoms with Crippen LogP contribution < -0.4 is 0 Å². The number of likely N-dealkylation sites (tertiary alicyclic amines) is 1. The van der Waals surface area contributed by atoms with Gasteiger partial charge in [0.1, 0.15) is 0 Å². The van der Waals surface area contributed by atoms with Crippen molar-refractivity contribution in [3.05, 3.63) is 0 Å². The first-order chi connectivity index (χ1) is 5.70. The third-order valence-electron chi connectivity index (χ3n) is 3.24. The zero-order valence-corrected chi connectivity index (χ0v) is 9.45. The highest BCUT2D eigenvalue weighted by atomic mass is 127. The number of nitrogens with zero attached hydrogens (tertiary/aromatic N) is 1. The van der Waals surface area contributed by atoms with Crippen molar-refractivity contribution in [2.24, 2.45) is 5.92 Å². The Kier molecular flexibility index (Phi) is 2.31. The first-order valence-electron chi connectivity index (χ1n) is 4.60. The minimum Gasteiger partial charge on any atom is -0.342 e. The molecule has 3 heteroatoms. The van der Waals surface area contributed by atoms with Crippen LogP contribution >= 0.6 is 22.6 Å². The van der Waals surface area contributed by atoms with Crippen LogP contribution in [0.3, 0.4) is 0 Å². The summed E-state index contributed by atoms with van der Waals surface area (Å²) in [4.78, 5) is 13.4. The number of alkyl halides is 1. The van der Waals surface area contributed by atoms with E-state index >= 15 is 0 Å². The first kappa shape index (κ1) is 8.78. The summed E-state index contributed by atoms with van der Waals surface area (Å²) in [6.07, 6.45) is 4.64. The van der Waals surface area contributed by atoms with Crippen LogP contribution in [0.2, 0.25) is 0 Å². The van der Waals surface area contributed by atoms with Gasteiger partial charge in [-0.25, -0.2) is 0 Å². The fraction of sp³-hybridized carbons (Fsp3) is 0.889. The lowest BCUT2D eigenvalue weighted by Crippen LogP contribution is -2.37. The van der Waals surface area contributed by atoms with Gasteiger partial charge in [-0.1, -0.05) is 29.0 Å². The van der Waals surface area contributed by atoms with E-state index in [4.69, 9.17) is 0 Å². The number of carbonyl (C=O) groups is 1. The molecule has 1 amide bonds. The van der Waals surface area contributed by atoms with Crippen LogP contribution in [-0.2, 0) is 4.79 Å². The molecule has 1 saturated heterocycles. The van der Waals surface area contributed by atoms with Crippen LogP contribution in [0.1, 0.15) is 25.7 Å². The minimum atomic E-state index is 0.355. The monoisotopic (exact) mass is 279 g/mol. The molecule has 1 aliphatic heterocycles. The molecular weight excluding hydrogens is 265 g/mol. The number of fused-ring (bicyclic) bond motifs is 1. The van der Waals surface area contributed by atoms with Crippen molar-refractivity contribution in [1.29, 1.82) is 0 Å². The number of rotatable bonds is 0. The third-order valence-corrected chi connectivity index (χ3v) is 4.79. The van der Waals surface area contributed by atoms with Crippen LogP contribution in [0.25, 0.3) is 0 Å². The number of hydrogen-bond acceptors (Lipinski definition) is 1. The Morgan fingerprint density at radius 1 is 1.50 bits per heavy atom. The molecule has 0 bridgehead atoms. The van der Waals surface area contributed by atoms with Gasteiger partial charge in [0, 0.05) is 23.4 Å². The smallest absolute Gasteiger partial charge is 0.222 e. The molecule has 1 saturated carbocycles. The molecule has 2 nitrogen and oxygen atoms in total. The van der Waals surface area contributed by atoms with Gasteiger partial charge in [0.05, 0.1) is 0 Å². The molecule has 3 atom stereocenters. The molecule has 0 spiro atoms. The van der Waals surface area contributed by atoms with Gasteiger partial charge in [-0.05, 0) is 18.8 Å². The summed E-state index contributed by atoms with van der Waals surface area (Å²) in [6.45, 7) is 0. The molecule has 0 aromatic rings. The fourth-order valence-corrected chi connectivity index (χ4v) is 3.64. The lowest BCUT2D eigenvalue weighted by molar-refractivity contribution is -0.127. The van der Waals surface area contributed by atoms with E-state index < -0.39 is 0 Å². The van der Waals surface area contributed by atoms with Crippen molar-refractivity contribution in [3.63, 3.8) is 0 Å². The van der Waals surface area contributed by atoms with E-state index in [0.717, 1.165) is 10.3 Å². The number of halogens is 1. The fourth-order valence-electron chi connectivity index (χ4n) is 2.47. The summed E-state index contributed by atoms with van der Waals surface area (Å²) >= 11 is 2.52. The van der Waals surface area contributed by atoms with Gasteiger partial charge in [-0.3, -0.25) is 4.79 Å². The molecule has 0 radical (unpaired) electrons. The highest BCUT2D eigenvalue weighted by Crippen LogP contribution is 2.39. The highest BCUT2D eigenvalue weighted by Gasteiger charge is 2.42. The number of hydrogen-bond donors (Lipinski definition) is 0. The maximum absolute atomic E-state index is 11.4. The predicted molar refractivity (Wildman–Crippen MR) is 56.3 cm³/mol. The standard InChI is InChI=1S/C9H14INO/c1-11-8-4-2-3-7(10)6(8)5-9(11)12/h6-8H,2-5H2,1H3/t6-,7?,8+/m0/s1. The molecule has 1 unspecified atom stereocenters. The predicted octanol–water partition coefficient (Wildman–Crippen LogP) is 1.82. The van der Waals surface area contributed by atoms with Crippen molar-refractivity contribution in [2.75, 3.05) is 7.05 Å². The van der Waals surface area contributed by atoms with Crippen LogP contribution in [-0.4, -0.2) is 27.8 Å². The van der Waals surface area contributed by atoms with Crippen molar-refractivity contribution in [3.8, 4) is 0 Å². The molecule has 0 aromatic carbocycles. The van der Waals surface area contributed by atoms with E-state index in [-0.39, 0.29) is 0 Å². The Morgan fingerprint density at radius 2 is 2.25 bits per heavy atom. The van der Waals surface area contributed by atoms with Gasteiger partial charge in [0.2, 0.25) is 5.91 Å². The van der Waals surface area contributed by atoms with Crippen molar-refractivity contribution < 1.29 is 4.79 Å². The average Bonchev–Trinajstić information content (AvgIpc) is 2.32. The lowest BCUT2D eigenvalue weighted by atomic mass is 9.85. The van der Waals surface area contributed by atoms with E-state index in [1.165, 1.54) is 19.3 Å². The molecule has 68 valence electrons. The third kappa shape index (κ3) is 1.26. The molecule has 2 aliphatic rings. The molecule has 2 fully saturated rings.